The molecule has 5 heterocycles. The molecule has 212 valence electrons. The van der Waals surface area contributed by atoms with Gasteiger partial charge in [0, 0.05) is 45.6 Å². The van der Waals surface area contributed by atoms with Crippen LogP contribution in [0.25, 0.3) is 10.1 Å². The molecular weight excluding hydrogens is 599 g/mol. The Morgan fingerprint density at radius 2 is 1.95 bits per heavy atom. The van der Waals surface area contributed by atoms with Gasteiger partial charge in [-0.1, -0.05) is 17.8 Å². The smallest absolute Gasteiger partial charge is 0.352 e. The third-order valence-corrected chi connectivity index (χ3v) is 11.5. The van der Waals surface area contributed by atoms with Crippen molar-refractivity contribution in [3.05, 3.63) is 79.6 Å². The van der Waals surface area contributed by atoms with Crippen molar-refractivity contribution >= 4 is 79.8 Å². The molecule has 0 bridgehead atoms. The summed E-state index contributed by atoms with van der Waals surface area (Å²) in [6.07, 6.45) is 5.50. The van der Waals surface area contributed by atoms with Crippen LogP contribution in [0.3, 0.4) is 0 Å². The number of aliphatic carboxylic acids is 1. The molecule has 0 radical (unpaired) electrons. The van der Waals surface area contributed by atoms with Crippen molar-refractivity contribution in [3.8, 4) is 0 Å². The fourth-order valence-corrected chi connectivity index (χ4v) is 9.31. The Balaban J connectivity index is 1.16. The number of β-lactam (4-membered cyclic amide) rings is 1. The maximum Gasteiger partial charge on any atom is 0.352 e. The summed E-state index contributed by atoms with van der Waals surface area (Å²) >= 11 is 5.79. The van der Waals surface area contributed by atoms with Crippen LogP contribution >= 0.6 is 46.2 Å². The maximum atomic E-state index is 12.9. The van der Waals surface area contributed by atoms with Gasteiger partial charge in [0.1, 0.15) is 17.1 Å². The highest BCUT2D eigenvalue weighted by Crippen LogP contribution is 2.41. The number of rotatable bonds is 8. The van der Waals surface area contributed by atoms with Crippen molar-refractivity contribution in [2.75, 3.05) is 23.7 Å². The van der Waals surface area contributed by atoms with Gasteiger partial charge < -0.3 is 15.3 Å². The van der Waals surface area contributed by atoms with Gasteiger partial charge in [-0.25, -0.2) is 4.79 Å². The van der Waals surface area contributed by atoms with Crippen LogP contribution in [0.1, 0.15) is 24.1 Å². The molecular formula is C29H27N3O5S4. The third-order valence-electron chi connectivity index (χ3n) is 7.30. The lowest BCUT2D eigenvalue weighted by atomic mass is 10.0. The number of carbonyl (C=O) groups is 3. The van der Waals surface area contributed by atoms with Gasteiger partial charge in [0.25, 0.3) is 5.91 Å². The van der Waals surface area contributed by atoms with Crippen LogP contribution in [0.5, 0.6) is 0 Å². The van der Waals surface area contributed by atoms with Gasteiger partial charge in [-0.15, -0.1) is 34.4 Å². The number of benzene rings is 1. The highest BCUT2D eigenvalue weighted by atomic mass is 32.2. The van der Waals surface area contributed by atoms with Gasteiger partial charge in [-0.2, -0.15) is 0 Å². The number of anilines is 1. The monoisotopic (exact) mass is 625 g/mol. The molecule has 0 aliphatic carbocycles. The van der Waals surface area contributed by atoms with Crippen LogP contribution in [-0.4, -0.2) is 58.0 Å². The summed E-state index contributed by atoms with van der Waals surface area (Å²) in [4.78, 5) is 54.9. The summed E-state index contributed by atoms with van der Waals surface area (Å²) in [5.41, 5.74) is 1.55. The van der Waals surface area contributed by atoms with Crippen molar-refractivity contribution in [1.29, 1.82) is 0 Å². The lowest BCUT2D eigenvalue weighted by Crippen LogP contribution is -2.70. The summed E-state index contributed by atoms with van der Waals surface area (Å²) in [6, 6.07) is 10.6. The number of hydrogen-bond acceptors (Lipinski definition) is 9. The summed E-state index contributed by atoms with van der Waals surface area (Å²) in [7, 11) is 0. The average Bonchev–Trinajstić information content (AvgIpc) is 3.48. The topological polar surface area (TPSA) is 107 Å². The Morgan fingerprint density at radius 1 is 1.12 bits per heavy atom. The Bertz CT molecular complexity index is 1620. The van der Waals surface area contributed by atoms with Gasteiger partial charge in [0.05, 0.1) is 10.6 Å². The molecule has 1 unspecified atom stereocenters. The minimum Gasteiger partial charge on any atom is -0.477 e. The molecule has 12 heteroatoms. The standard InChI is InChI=1S/C29H27N3O5S4/c33-21-15-24(41-22-13-18(6-7-20(21)22)31-9-2-1-3-10-31)39-12-8-17-16-40-28-25(27(35)32(28)26(17)29(36)37)30-23(34)14-19-5-4-11-38-19/h4-8,11-13,15,25,28H,1-3,9-10,14,16H2,(H,30,34)(H,36,37)/t25?,28-/m0/s1. The number of thiophene rings is 1. The molecule has 0 spiro atoms. The zero-order valence-electron chi connectivity index (χ0n) is 21.9. The number of carboxylic acid groups (broad SMARTS) is 1. The molecule has 2 atom stereocenters. The second kappa shape index (κ2) is 12.0. The minimum absolute atomic E-state index is 0.0420. The average molecular weight is 626 g/mol. The molecule has 2 saturated heterocycles. The van der Waals surface area contributed by atoms with E-state index in [0.717, 1.165) is 32.6 Å². The van der Waals surface area contributed by atoms with Crippen LogP contribution < -0.4 is 15.6 Å². The molecule has 41 heavy (non-hydrogen) atoms. The molecule has 3 aromatic rings. The van der Waals surface area contributed by atoms with E-state index >= 15 is 0 Å². The van der Waals surface area contributed by atoms with E-state index in [-0.39, 0.29) is 23.5 Å². The van der Waals surface area contributed by atoms with E-state index in [9.17, 15) is 24.3 Å². The molecule has 0 saturated carbocycles. The molecule has 1 aromatic carbocycles. The first-order valence-corrected chi connectivity index (χ1v) is 16.9. The van der Waals surface area contributed by atoms with Gasteiger partial charge in [0.2, 0.25) is 5.91 Å². The quantitative estimate of drug-likeness (QED) is 0.269. The van der Waals surface area contributed by atoms with Crippen molar-refractivity contribution in [3.63, 3.8) is 0 Å². The molecule has 2 amide bonds. The van der Waals surface area contributed by atoms with Crippen LogP contribution in [0, 0.1) is 0 Å². The largest absolute Gasteiger partial charge is 0.477 e. The normalized spacial score (nSPS) is 20.8. The Hall–Kier alpha value is -3.06. The van der Waals surface area contributed by atoms with Crippen molar-refractivity contribution < 1.29 is 19.5 Å². The highest BCUT2D eigenvalue weighted by molar-refractivity contribution is 8.04. The molecule has 3 aliphatic rings. The Kier molecular flexibility index (Phi) is 8.25. The number of nitrogens with zero attached hydrogens (tertiary/aromatic N) is 2. The summed E-state index contributed by atoms with van der Waals surface area (Å²) in [5, 5.41) is 16.6. The minimum atomic E-state index is -1.18. The van der Waals surface area contributed by atoms with Gasteiger partial charge in [-0.05, 0) is 66.0 Å². The van der Waals surface area contributed by atoms with Crippen LogP contribution in [0.15, 0.2) is 73.5 Å². The maximum absolute atomic E-state index is 12.9. The Labute approximate surface area is 253 Å². The number of piperidine rings is 1. The molecule has 6 rings (SSSR count). The predicted molar refractivity (Wildman–Crippen MR) is 167 cm³/mol. The molecule has 2 fully saturated rings. The SMILES string of the molecule is O=C(Cc1cccs1)NC1C(=O)N2C(C(=O)O)=C(C=CSc3cc(=O)c4ccc(N5CCCCC5)cc4s3)CS[C@@H]12. The number of fused-ring (bicyclic) bond motifs is 2. The summed E-state index contributed by atoms with van der Waals surface area (Å²) in [6.45, 7) is 2.05. The number of hydrogen-bond donors (Lipinski definition) is 2. The van der Waals surface area contributed by atoms with E-state index in [2.05, 4.69) is 16.3 Å². The zero-order valence-corrected chi connectivity index (χ0v) is 25.2. The summed E-state index contributed by atoms with van der Waals surface area (Å²) < 4.78 is 1.73. The van der Waals surface area contributed by atoms with Gasteiger partial charge >= 0.3 is 5.97 Å². The number of allylic oxidation sites excluding steroid dienone is 1. The van der Waals surface area contributed by atoms with E-state index < -0.39 is 23.3 Å². The predicted octanol–water partition coefficient (Wildman–Crippen LogP) is 4.90. The lowest BCUT2D eigenvalue weighted by molar-refractivity contribution is -0.150. The number of thioether (sulfide) groups is 2. The molecule has 3 aliphatic heterocycles. The molecule has 2 aromatic heterocycles. The van der Waals surface area contributed by atoms with E-state index in [0.29, 0.717) is 16.7 Å². The van der Waals surface area contributed by atoms with Gasteiger partial charge in [-0.3, -0.25) is 19.3 Å². The fourth-order valence-electron chi connectivity index (χ4n) is 5.28. The van der Waals surface area contributed by atoms with E-state index in [1.165, 1.54) is 70.4 Å². The van der Waals surface area contributed by atoms with Gasteiger partial charge in [0.15, 0.2) is 5.43 Å². The van der Waals surface area contributed by atoms with Crippen LogP contribution in [0.2, 0.25) is 0 Å². The third kappa shape index (κ3) is 5.83. The molecule has 8 nitrogen and oxygen atoms in total. The van der Waals surface area contributed by atoms with Crippen LogP contribution in [0.4, 0.5) is 5.69 Å². The zero-order chi connectivity index (χ0) is 28.5. The van der Waals surface area contributed by atoms with E-state index in [1.54, 1.807) is 17.6 Å². The van der Waals surface area contributed by atoms with E-state index in [4.69, 9.17) is 0 Å². The fraction of sp³-hybridized carbons (Fsp3) is 0.310. The number of nitrogens with one attached hydrogen (secondary N) is 1. The van der Waals surface area contributed by atoms with Crippen LogP contribution in [-0.2, 0) is 20.8 Å². The van der Waals surface area contributed by atoms with Crippen molar-refractivity contribution in [2.45, 2.75) is 41.3 Å². The number of amides is 2. The van der Waals surface area contributed by atoms with Crippen molar-refractivity contribution in [2.24, 2.45) is 0 Å². The highest BCUT2D eigenvalue weighted by Gasteiger charge is 2.53. The Morgan fingerprint density at radius 3 is 2.71 bits per heavy atom. The first-order valence-electron chi connectivity index (χ1n) is 13.3. The van der Waals surface area contributed by atoms with Crippen molar-refractivity contribution in [1.82, 2.24) is 10.2 Å². The summed E-state index contributed by atoms with van der Waals surface area (Å²) in [5.74, 6) is -1.48. The molecule has 2 N–H and O–H groups in total. The number of carboxylic acids is 1. The lowest BCUT2D eigenvalue weighted by Gasteiger charge is -2.49. The van der Waals surface area contributed by atoms with E-state index in [1.807, 2.05) is 29.6 Å². The second-order valence-electron chi connectivity index (χ2n) is 9.97. The number of carbonyl (C=O) groups excluding carboxylic acids is 2. The second-order valence-corrected chi connectivity index (χ2v) is 14.4. The first-order chi connectivity index (χ1) is 19.9. The first kappa shape index (κ1) is 28.1.